The van der Waals surface area contributed by atoms with Gasteiger partial charge < -0.3 is 21.0 Å². The van der Waals surface area contributed by atoms with Crippen LogP contribution in [0.4, 0.5) is 10.5 Å². The Morgan fingerprint density at radius 2 is 1.56 bits per heavy atom. The van der Waals surface area contributed by atoms with E-state index in [-0.39, 0.29) is 36.3 Å². The number of amides is 2. The number of thioether (sulfide) groups is 1. The maximum atomic E-state index is 12.0. The molecule has 0 aromatic heterocycles. The molecule has 0 saturated carbocycles. The van der Waals surface area contributed by atoms with Gasteiger partial charge in [0, 0.05) is 54.9 Å². The first-order valence-corrected chi connectivity index (χ1v) is 11.6. The van der Waals surface area contributed by atoms with Crippen LogP contribution in [-0.4, -0.2) is 66.8 Å². The number of piperazine rings is 1. The highest BCUT2D eigenvalue weighted by atomic mass is 35.5. The van der Waals surface area contributed by atoms with Gasteiger partial charge in [0.25, 0.3) is 0 Å². The molecule has 32 heavy (non-hydrogen) atoms. The van der Waals surface area contributed by atoms with E-state index in [1.807, 2.05) is 42.7 Å². The van der Waals surface area contributed by atoms with Gasteiger partial charge in [0.1, 0.15) is 0 Å². The van der Waals surface area contributed by atoms with Crippen molar-refractivity contribution in [2.75, 3.05) is 50.8 Å². The maximum Gasteiger partial charge on any atom is 0.319 e. The molecule has 0 aliphatic carbocycles. The predicted molar refractivity (Wildman–Crippen MR) is 141 cm³/mol. The summed E-state index contributed by atoms with van der Waals surface area (Å²) in [5, 5.41) is 6.60. The number of carbonyl (C=O) groups is 1. The Hall–Kier alpha value is -1.19. The van der Waals surface area contributed by atoms with E-state index >= 15 is 0 Å². The lowest BCUT2D eigenvalue weighted by Gasteiger charge is -2.34. The minimum absolute atomic E-state index is 0. The number of hydrogen-bond donors (Lipinski definition) is 2. The first-order chi connectivity index (χ1) is 14.1. The van der Waals surface area contributed by atoms with Gasteiger partial charge in [-0.3, -0.25) is 4.90 Å². The van der Waals surface area contributed by atoms with Crippen LogP contribution in [0.5, 0.6) is 0 Å². The van der Waals surface area contributed by atoms with Crippen molar-refractivity contribution < 1.29 is 10.3 Å². The number of nitrogens with zero attached hydrogens (tertiary/aromatic N) is 2. The molecule has 1 saturated heterocycles. The monoisotopic (exact) mass is 522 g/mol. The number of halogens is 3. The zero-order chi connectivity index (χ0) is 20.5. The number of hydrogen-bond acceptors (Lipinski definition) is 4. The summed E-state index contributed by atoms with van der Waals surface area (Å²) in [4.78, 5) is 18.1. The second-order valence-corrected chi connectivity index (χ2v) is 8.52. The summed E-state index contributed by atoms with van der Waals surface area (Å²) in [6, 6.07) is 15.8. The third-order valence-corrected chi connectivity index (χ3v) is 6.06. The van der Waals surface area contributed by atoms with Crippen molar-refractivity contribution in [3.05, 3.63) is 59.1 Å². The Morgan fingerprint density at radius 1 is 0.969 bits per heavy atom. The van der Waals surface area contributed by atoms with E-state index in [1.54, 1.807) is 11.8 Å². The van der Waals surface area contributed by atoms with E-state index in [9.17, 15) is 4.79 Å². The van der Waals surface area contributed by atoms with Crippen LogP contribution in [0.25, 0.3) is 0 Å². The lowest BCUT2D eigenvalue weighted by atomic mass is 10.2. The fraction of sp³-hybridized carbons (Fsp3) is 0.409. The van der Waals surface area contributed by atoms with Crippen LogP contribution in [0.15, 0.2) is 53.4 Å². The van der Waals surface area contributed by atoms with Crippen LogP contribution < -0.4 is 10.6 Å². The summed E-state index contributed by atoms with van der Waals surface area (Å²) in [5.74, 6) is 0. The number of nitrogens with one attached hydrogen (secondary N) is 2. The lowest BCUT2D eigenvalue weighted by molar-refractivity contribution is 0.126. The standard InChI is InChI=1S/C22H29ClN4OS.2ClH.H2O/c1-29-21-9-7-20(8-10-21)25-22(28)24-11-2-12-26-13-15-27(16-14-26)17-18-3-5-19(23)6-4-18;;;/h3-10H,2,11-17H2,1H3,(H2,24,25,28);2*1H;1H2. The Bertz CT molecular complexity index is 774. The van der Waals surface area contributed by atoms with E-state index in [0.717, 1.165) is 56.4 Å². The minimum atomic E-state index is -0.144. The molecule has 0 radical (unpaired) electrons. The van der Waals surface area contributed by atoms with Crippen LogP contribution in [0, 0.1) is 0 Å². The van der Waals surface area contributed by atoms with Crippen molar-refractivity contribution in [3.8, 4) is 0 Å². The van der Waals surface area contributed by atoms with Gasteiger partial charge in [-0.2, -0.15) is 0 Å². The quantitative estimate of drug-likeness (QED) is 0.397. The highest BCUT2D eigenvalue weighted by Crippen LogP contribution is 2.17. The molecule has 1 fully saturated rings. The molecule has 1 aliphatic rings. The fourth-order valence-electron chi connectivity index (χ4n) is 3.37. The van der Waals surface area contributed by atoms with Crippen molar-refractivity contribution in [1.29, 1.82) is 0 Å². The lowest BCUT2D eigenvalue weighted by Crippen LogP contribution is -2.46. The molecular weight excluding hydrogens is 491 g/mol. The Kier molecular flexibility index (Phi) is 15.8. The van der Waals surface area contributed by atoms with E-state index in [4.69, 9.17) is 11.6 Å². The van der Waals surface area contributed by atoms with Crippen molar-refractivity contribution >= 4 is 59.9 Å². The number of urea groups is 1. The number of rotatable bonds is 8. The molecule has 180 valence electrons. The van der Waals surface area contributed by atoms with Crippen LogP contribution in [0.1, 0.15) is 12.0 Å². The van der Waals surface area contributed by atoms with E-state index in [2.05, 4.69) is 32.6 Å². The Morgan fingerprint density at radius 3 is 2.16 bits per heavy atom. The van der Waals surface area contributed by atoms with Gasteiger partial charge in [0.2, 0.25) is 0 Å². The van der Waals surface area contributed by atoms with Crippen LogP contribution in [0.2, 0.25) is 5.02 Å². The van der Waals surface area contributed by atoms with Gasteiger partial charge in [-0.05, 0) is 61.2 Å². The molecule has 1 aliphatic heterocycles. The molecule has 4 N–H and O–H groups in total. The van der Waals surface area contributed by atoms with Gasteiger partial charge in [-0.1, -0.05) is 23.7 Å². The van der Waals surface area contributed by atoms with Crippen LogP contribution in [-0.2, 0) is 6.54 Å². The summed E-state index contributed by atoms with van der Waals surface area (Å²) in [5.41, 5.74) is 2.12. The number of carbonyl (C=O) groups excluding carboxylic acids is 1. The molecule has 1 heterocycles. The first-order valence-electron chi connectivity index (χ1n) is 10.0. The fourth-order valence-corrected chi connectivity index (χ4v) is 3.91. The molecule has 10 heteroatoms. The van der Waals surface area contributed by atoms with Gasteiger partial charge in [0.15, 0.2) is 0 Å². The van der Waals surface area contributed by atoms with Crippen molar-refractivity contribution in [2.24, 2.45) is 0 Å². The normalized spacial score (nSPS) is 13.8. The molecule has 2 aromatic rings. The molecule has 2 amide bonds. The van der Waals surface area contributed by atoms with Crippen molar-refractivity contribution in [3.63, 3.8) is 0 Å². The summed E-state index contributed by atoms with van der Waals surface area (Å²) in [7, 11) is 0. The number of anilines is 1. The molecule has 0 spiro atoms. The van der Waals surface area contributed by atoms with E-state index in [0.29, 0.717) is 6.54 Å². The highest BCUT2D eigenvalue weighted by molar-refractivity contribution is 7.98. The predicted octanol–water partition coefficient (Wildman–Crippen LogP) is 4.41. The van der Waals surface area contributed by atoms with Gasteiger partial charge in [-0.25, -0.2) is 4.79 Å². The molecule has 0 atom stereocenters. The van der Waals surface area contributed by atoms with Gasteiger partial charge in [-0.15, -0.1) is 36.6 Å². The number of benzene rings is 2. The molecule has 2 aromatic carbocycles. The molecular formula is C22H33Cl3N4O2S. The zero-order valence-electron chi connectivity index (χ0n) is 18.2. The molecule has 0 bridgehead atoms. The smallest absolute Gasteiger partial charge is 0.319 e. The summed E-state index contributed by atoms with van der Waals surface area (Å²) >= 11 is 7.64. The summed E-state index contributed by atoms with van der Waals surface area (Å²) in [6.07, 6.45) is 2.99. The van der Waals surface area contributed by atoms with Gasteiger partial charge >= 0.3 is 6.03 Å². The third kappa shape index (κ3) is 10.6. The van der Waals surface area contributed by atoms with Crippen LogP contribution in [0.3, 0.4) is 0 Å². The van der Waals surface area contributed by atoms with Gasteiger partial charge in [0.05, 0.1) is 0 Å². The summed E-state index contributed by atoms with van der Waals surface area (Å²) in [6.45, 7) is 6.95. The highest BCUT2D eigenvalue weighted by Gasteiger charge is 2.16. The third-order valence-electron chi connectivity index (χ3n) is 5.07. The topological polar surface area (TPSA) is 79.1 Å². The molecule has 6 nitrogen and oxygen atoms in total. The minimum Gasteiger partial charge on any atom is -0.412 e. The Labute approximate surface area is 212 Å². The average molecular weight is 524 g/mol. The second-order valence-electron chi connectivity index (χ2n) is 7.21. The summed E-state index contributed by atoms with van der Waals surface area (Å²) < 4.78 is 0. The van der Waals surface area contributed by atoms with E-state index < -0.39 is 0 Å². The maximum absolute atomic E-state index is 12.0. The second kappa shape index (κ2) is 16.4. The van der Waals surface area contributed by atoms with Crippen LogP contribution >= 0.6 is 48.2 Å². The molecule has 3 rings (SSSR count). The van der Waals surface area contributed by atoms with Crippen molar-refractivity contribution in [1.82, 2.24) is 15.1 Å². The zero-order valence-corrected chi connectivity index (χ0v) is 21.4. The van der Waals surface area contributed by atoms with E-state index in [1.165, 1.54) is 10.5 Å². The average Bonchev–Trinajstić information content (AvgIpc) is 2.74. The largest absolute Gasteiger partial charge is 0.412 e. The SMILES string of the molecule is CSc1ccc(NC(=O)NCCCN2CCN(Cc3ccc(Cl)cc3)CC2)cc1.Cl.Cl.O. The van der Waals surface area contributed by atoms with Crippen molar-refractivity contribution in [2.45, 2.75) is 17.9 Å². The Balaban J connectivity index is 0.00000320. The molecule has 0 unspecified atom stereocenters. The first kappa shape index (κ1) is 30.8.